The van der Waals surface area contributed by atoms with Crippen molar-refractivity contribution in [2.45, 2.75) is 25.5 Å². The predicted molar refractivity (Wildman–Crippen MR) is 43.8 cm³/mol. The molecule has 0 aromatic heterocycles. The zero-order chi connectivity index (χ0) is 9.19. The van der Waals surface area contributed by atoms with E-state index in [1.54, 1.807) is 20.9 Å². The smallest absolute Gasteiger partial charge is 0.326 e. The molecule has 1 fully saturated rings. The Hall–Kier alpha value is -0.610. The van der Waals surface area contributed by atoms with Gasteiger partial charge < -0.3 is 14.8 Å². The second-order valence-corrected chi connectivity index (χ2v) is 3.44. The molecule has 0 unspecified atom stereocenters. The van der Waals surface area contributed by atoms with Crippen LogP contribution < -0.4 is 5.32 Å². The van der Waals surface area contributed by atoms with Gasteiger partial charge in [0.05, 0.1) is 13.2 Å². The number of ether oxygens (including phenoxy) is 2. The molecule has 0 amide bonds. The van der Waals surface area contributed by atoms with Crippen molar-refractivity contribution in [3.05, 3.63) is 0 Å². The lowest BCUT2D eigenvalue weighted by Crippen LogP contribution is -2.49. The molecule has 1 rings (SSSR count). The minimum atomic E-state index is -0.602. The monoisotopic (exact) mass is 173 g/mol. The molecule has 4 nitrogen and oxygen atoms in total. The summed E-state index contributed by atoms with van der Waals surface area (Å²) in [5, 5.41) is 2.88. The normalized spacial score (nSPS) is 18.6. The van der Waals surface area contributed by atoms with Crippen molar-refractivity contribution in [2.75, 3.05) is 20.3 Å². The van der Waals surface area contributed by atoms with E-state index in [1.807, 2.05) is 0 Å². The van der Waals surface area contributed by atoms with Gasteiger partial charge in [-0.2, -0.15) is 0 Å². The van der Waals surface area contributed by atoms with Gasteiger partial charge in [-0.05, 0) is 20.9 Å². The van der Waals surface area contributed by atoms with Gasteiger partial charge in [-0.25, -0.2) is 0 Å². The maximum absolute atomic E-state index is 11.4. The predicted octanol–water partition coefficient (Wildman–Crippen LogP) is -0.0736. The number of likely N-dealkylation sites (N-methyl/N-ethyl adjacent to an activating group) is 1. The molecule has 0 aromatic rings. The fourth-order valence-electron chi connectivity index (χ4n) is 0.683. The van der Waals surface area contributed by atoms with E-state index in [9.17, 15) is 4.79 Å². The van der Waals surface area contributed by atoms with Gasteiger partial charge in [0.25, 0.3) is 0 Å². The van der Waals surface area contributed by atoms with Crippen LogP contribution in [0, 0.1) is 0 Å². The first-order valence-corrected chi connectivity index (χ1v) is 4.04. The third kappa shape index (κ3) is 1.95. The molecule has 4 heteroatoms. The van der Waals surface area contributed by atoms with E-state index >= 15 is 0 Å². The summed E-state index contributed by atoms with van der Waals surface area (Å²) in [5.74, 6) is -0.224. The Balaban J connectivity index is 2.35. The Morgan fingerprint density at radius 3 is 2.50 bits per heavy atom. The van der Waals surface area contributed by atoms with Crippen LogP contribution in [-0.2, 0) is 14.3 Å². The molecule has 70 valence electrons. The standard InChI is InChI=1S/C8H15NO3/c1-8(2,9-3)7(10)12-6-4-11-5-6/h6,9H,4-5H2,1-3H3. The first-order chi connectivity index (χ1) is 5.56. The molecule has 1 N–H and O–H groups in total. The highest BCUT2D eigenvalue weighted by Gasteiger charge is 2.31. The Morgan fingerprint density at radius 1 is 1.58 bits per heavy atom. The first-order valence-electron chi connectivity index (χ1n) is 4.04. The van der Waals surface area contributed by atoms with Gasteiger partial charge in [0.15, 0.2) is 0 Å². The van der Waals surface area contributed by atoms with Crippen LogP contribution in [0.3, 0.4) is 0 Å². The van der Waals surface area contributed by atoms with Gasteiger partial charge in [0.1, 0.15) is 11.6 Å². The quantitative estimate of drug-likeness (QED) is 0.607. The van der Waals surface area contributed by atoms with Crippen molar-refractivity contribution >= 4 is 5.97 Å². The molecule has 1 saturated heterocycles. The molecule has 0 aromatic carbocycles. The minimum absolute atomic E-state index is 0.0369. The van der Waals surface area contributed by atoms with Crippen LogP contribution in [0.15, 0.2) is 0 Å². The summed E-state index contributed by atoms with van der Waals surface area (Å²) in [7, 11) is 1.73. The number of esters is 1. The Bertz CT molecular complexity index is 175. The van der Waals surface area contributed by atoms with E-state index in [1.165, 1.54) is 0 Å². The molecule has 0 aliphatic carbocycles. The van der Waals surface area contributed by atoms with Gasteiger partial charge in [0, 0.05) is 0 Å². The van der Waals surface area contributed by atoms with E-state index < -0.39 is 5.54 Å². The molecule has 0 saturated carbocycles. The fourth-order valence-corrected chi connectivity index (χ4v) is 0.683. The third-order valence-corrected chi connectivity index (χ3v) is 2.02. The molecule has 0 spiro atoms. The van der Waals surface area contributed by atoms with Gasteiger partial charge in [-0.1, -0.05) is 0 Å². The number of hydrogen-bond acceptors (Lipinski definition) is 4. The van der Waals surface area contributed by atoms with E-state index in [-0.39, 0.29) is 12.1 Å². The van der Waals surface area contributed by atoms with E-state index in [4.69, 9.17) is 9.47 Å². The highest BCUT2D eigenvalue weighted by atomic mass is 16.6. The second-order valence-electron chi connectivity index (χ2n) is 3.44. The topological polar surface area (TPSA) is 47.6 Å². The van der Waals surface area contributed by atoms with E-state index in [2.05, 4.69) is 5.32 Å². The number of nitrogens with one attached hydrogen (secondary N) is 1. The van der Waals surface area contributed by atoms with Crippen molar-refractivity contribution < 1.29 is 14.3 Å². The number of rotatable bonds is 3. The average molecular weight is 173 g/mol. The highest BCUT2D eigenvalue weighted by Crippen LogP contribution is 2.11. The lowest BCUT2D eigenvalue weighted by molar-refractivity contribution is -0.178. The number of hydrogen-bond donors (Lipinski definition) is 1. The summed E-state index contributed by atoms with van der Waals surface area (Å²) in [6.07, 6.45) is -0.0369. The van der Waals surface area contributed by atoms with Crippen molar-refractivity contribution in [2.24, 2.45) is 0 Å². The molecule has 1 aliphatic rings. The summed E-state index contributed by atoms with van der Waals surface area (Å²) in [6, 6.07) is 0. The summed E-state index contributed by atoms with van der Waals surface area (Å²) >= 11 is 0. The highest BCUT2D eigenvalue weighted by molar-refractivity contribution is 5.79. The lowest BCUT2D eigenvalue weighted by atomic mass is 10.1. The summed E-state index contributed by atoms with van der Waals surface area (Å²) in [5.41, 5.74) is -0.602. The largest absolute Gasteiger partial charge is 0.456 e. The molecule has 0 bridgehead atoms. The van der Waals surface area contributed by atoms with Crippen LogP contribution in [-0.4, -0.2) is 37.9 Å². The summed E-state index contributed by atoms with van der Waals surface area (Å²) < 4.78 is 10.00. The van der Waals surface area contributed by atoms with Crippen molar-refractivity contribution in [3.8, 4) is 0 Å². The maximum Gasteiger partial charge on any atom is 0.326 e. The molecule has 1 aliphatic heterocycles. The van der Waals surface area contributed by atoms with Crippen LogP contribution in [0.25, 0.3) is 0 Å². The van der Waals surface area contributed by atoms with Crippen molar-refractivity contribution in [1.29, 1.82) is 0 Å². The minimum Gasteiger partial charge on any atom is -0.456 e. The van der Waals surface area contributed by atoms with Crippen LogP contribution >= 0.6 is 0 Å². The van der Waals surface area contributed by atoms with Crippen LogP contribution in [0.2, 0.25) is 0 Å². The maximum atomic E-state index is 11.4. The molecule has 12 heavy (non-hydrogen) atoms. The molecular formula is C8H15NO3. The van der Waals surface area contributed by atoms with E-state index in [0.29, 0.717) is 13.2 Å². The first kappa shape index (κ1) is 9.48. The zero-order valence-corrected chi connectivity index (χ0v) is 7.72. The van der Waals surface area contributed by atoms with Crippen LogP contribution in [0.5, 0.6) is 0 Å². The molecule has 0 atom stereocenters. The van der Waals surface area contributed by atoms with Gasteiger partial charge >= 0.3 is 5.97 Å². The molecule has 1 heterocycles. The molecule has 0 radical (unpaired) electrons. The van der Waals surface area contributed by atoms with Crippen LogP contribution in [0.4, 0.5) is 0 Å². The zero-order valence-electron chi connectivity index (χ0n) is 7.72. The lowest BCUT2D eigenvalue weighted by Gasteiger charge is -2.30. The van der Waals surface area contributed by atoms with Gasteiger partial charge in [0.2, 0.25) is 0 Å². The van der Waals surface area contributed by atoms with Crippen molar-refractivity contribution in [1.82, 2.24) is 5.32 Å². The van der Waals surface area contributed by atoms with Gasteiger partial charge in [-0.15, -0.1) is 0 Å². The Morgan fingerprint density at radius 2 is 2.17 bits per heavy atom. The summed E-state index contributed by atoms with van der Waals surface area (Å²) in [6.45, 7) is 4.64. The number of carbonyl (C=O) groups is 1. The van der Waals surface area contributed by atoms with Crippen molar-refractivity contribution in [3.63, 3.8) is 0 Å². The summed E-state index contributed by atoms with van der Waals surface area (Å²) in [4.78, 5) is 11.4. The van der Waals surface area contributed by atoms with E-state index in [0.717, 1.165) is 0 Å². The van der Waals surface area contributed by atoms with Crippen LogP contribution in [0.1, 0.15) is 13.8 Å². The SMILES string of the molecule is CNC(C)(C)C(=O)OC1COC1. The molecular weight excluding hydrogens is 158 g/mol. The number of carbonyl (C=O) groups excluding carboxylic acids is 1. The third-order valence-electron chi connectivity index (χ3n) is 2.02. The average Bonchev–Trinajstić information content (AvgIpc) is 1.96. The Kier molecular flexibility index (Phi) is 2.69. The van der Waals surface area contributed by atoms with Gasteiger partial charge in [-0.3, -0.25) is 4.79 Å². The fraction of sp³-hybridized carbons (Fsp3) is 0.875. The second kappa shape index (κ2) is 3.41. The Labute approximate surface area is 72.2 Å².